The molecular weight excluding hydrogens is 606 g/mol. The number of guanidine groups is 1. The summed E-state index contributed by atoms with van der Waals surface area (Å²) < 4.78 is 61.4. The van der Waals surface area contributed by atoms with E-state index in [1.54, 1.807) is 0 Å². The van der Waals surface area contributed by atoms with E-state index in [2.05, 4.69) is 35.6 Å². The summed E-state index contributed by atoms with van der Waals surface area (Å²) in [5.74, 6) is 0.297. The van der Waals surface area contributed by atoms with Crippen LogP contribution in [0.3, 0.4) is 0 Å². The zero-order chi connectivity index (χ0) is 32.3. The van der Waals surface area contributed by atoms with E-state index >= 15 is 8.78 Å². The van der Waals surface area contributed by atoms with Gasteiger partial charge in [0.05, 0.1) is 25.9 Å². The quantitative estimate of drug-likeness (QED) is 0.120. The lowest BCUT2D eigenvalue weighted by Gasteiger charge is -2.27. The Kier molecular flexibility index (Phi) is 8.00. The molecule has 6 rings (SSSR count). The third kappa shape index (κ3) is 5.20. The Bertz CT molecular complexity index is 1640. The summed E-state index contributed by atoms with van der Waals surface area (Å²) in [6, 6.07) is 0. The maximum Gasteiger partial charge on any atom is 0.280 e. The van der Waals surface area contributed by atoms with Crippen LogP contribution < -0.4 is 21.9 Å². The summed E-state index contributed by atoms with van der Waals surface area (Å²) in [7, 11) is 2.82. The highest BCUT2D eigenvalue weighted by molar-refractivity contribution is 5.93. The second-order valence-corrected chi connectivity index (χ2v) is 11.2. The van der Waals surface area contributed by atoms with Crippen LogP contribution in [0.1, 0.15) is 38.2 Å². The summed E-state index contributed by atoms with van der Waals surface area (Å²) in [6.07, 6.45) is -6.05. The lowest BCUT2D eigenvalue weighted by molar-refractivity contribution is -0.0672. The molecule has 20 heteroatoms. The van der Waals surface area contributed by atoms with Crippen LogP contribution in [0.25, 0.3) is 11.2 Å². The van der Waals surface area contributed by atoms with Gasteiger partial charge in [-0.1, -0.05) is 0 Å². The monoisotopic (exact) mass is 640 g/mol. The lowest BCUT2D eigenvalue weighted by atomic mass is 9.98. The van der Waals surface area contributed by atoms with Gasteiger partial charge in [-0.25, -0.2) is 23.7 Å². The first-order valence-corrected chi connectivity index (χ1v) is 13.9. The van der Waals surface area contributed by atoms with Crippen molar-refractivity contribution < 1.29 is 42.7 Å². The molecule has 0 amide bonds. The van der Waals surface area contributed by atoms with Crippen LogP contribution in [0.15, 0.2) is 22.4 Å². The molecule has 3 aromatic rings. The zero-order valence-electron chi connectivity index (χ0n) is 24.7. The van der Waals surface area contributed by atoms with E-state index in [9.17, 15) is 15.0 Å². The molecule has 3 aromatic heterocycles. The van der Waals surface area contributed by atoms with Gasteiger partial charge in [-0.3, -0.25) is 18.9 Å². The number of aromatic nitrogens is 6. The van der Waals surface area contributed by atoms with Crippen molar-refractivity contribution in [2.75, 3.05) is 44.8 Å². The fraction of sp³-hybridized carbons (Fsp3) is 0.640. The summed E-state index contributed by atoms with van der Waals surface area (Å²) in [6.45, 7) is 1.82. The van der Waals surface area contributed by atoms with Crippen molar-refractivity contribution in [3.63, 3.8) is 0 Å². The van der Waals surface area contributed by atoms with Crippen molar-refractivity contribution in [3.8, 4) is 0 Å². The molecule has 0 radical (unpaired) electrons. The minimum absolute atomic E-state index is 0.00959. The molecule has 3 aliphatic rings. The molecule has 0 bridgehead atoms. The van der Waals surface area contributed by atoms with Gasteiger partial charge in [0.25, 0.3) is 5.56 Å². The van der Waals surface area contributed by atoms with E-state index in [4.69, 9.17) is 29.4 Å². The highest BCUT2D eigenvalue weighted by atomic mass is 19.1. The van der Waals surface area contributed by atoms with Crippen LogP contribution in [-0.4, -0.2) is 115 Å². The Morgan fingerprint density at radius 3 is 2.38 bits per heavy atom. The van der Waals surface area contributed by atoms with Crippen molar-refractivity contribution >= 4 is 28.9 Å². The fourth-order valence-corrected chi connectivity index (χ4v) is 5.71. The number of methoxy groups -OCH3 is 2. The molecule has 0 aliphatic carbocycles. The number of anilines is 2. The van der Waals surface area contributed by atoms with Crippen molar-refractivity contribution in [2.24, 2.45) is 10.7 Å². The van der Waals surface area contributed by atoms with E-state index in [1.165, 1.54) is 49.9 Å². The first kappa shape index (κ1) is 31.2. The molecular formula is C25H34F2N10O8. The van der Waals surface area contributed by atoms with Gasteiger partial charge in [0.15, 0.2) is 47.1 Å². The van der Waals surface area contributed by atoms with Crippen LogP contribution in [0.4, 0.5) is 20.5 Å². The molecule has 2 fully saturated rings. The van der Waals surface area contributed by atoms with Crippen LogP contribution in [0.2, 0.25) is 0 Å². The minimum atomic E-state index is -2.26. The molecule has 0 aromatic carbocycles. The molecule has 0 spiro atoms. The largest absolute Gasteiger partial charge is 0.387 e. The highest BCUT2D eigenvalue weighted by Gasteiger charge is 2.56. The molecule has 6 heterocycles. The van der Waals surface area contributed by atoms with Crippen LogP contribution in [0, 0.1) is 0 Å². The second kappa shape index (κ2) is 11.5. The van der Waals surface area contributed by atoms with Crippen LogP contribution in [0.5, 0.6) is 0 Å². The number of alkyl halides is 2. The van der Waals surface area contributed by atoms with Crippen LogP contribution in [-0.2, 0) is 23.7 Å². The first-order chi connectivity index (χ1) is 21.4. The SMILES string of the molecule is COC[C@H]1O[C@@H](n2cnc3c(=O)[nH]c(NCOC[C@H]4O[C@@H](n5cnc6c5NC(N)=NC6OC)[C@](C)(F)[C@@H]4O)nc32)[C@](C)(F)[C@@H]1O. The number of H-pyrrole nitrogens is 1. The van der Waals surface area contributed by atoms with Crippen molar-refractivity contribution in [1.29, 1.82) is 0 Å². The molecule has 0 saturated carbocycles. The maximum atomic E-state index is 15.8. The smallest absolute Gasteiger partial charge is 0.280 e. The predicted molar refractivity (Wildman–Crippen MR) is 151 cm³/mol. The number of nitrogens with zero attached hydrogens (tertiary/aromatic N) is 6. The number of hydrogen-bond donors (Lipinski definition) is 6. The van der Waals surface area contributed by atoms with E-state index in [-0.39, 0.29) is 43.0 Å². The van der Waals surface area contributed by atoms with E-state index in [0.29, 0.717) is 11.5 Å². The van der Waals surface area contributed by atoms with Gasteiger partial charge < -0.3 is 50.3 Å². The topological polar surface area (TPSA) is 230 Å². The predicted octanol–water partition coefficient (Wildman–Crippen LogP) is -0.593. The van der Waals surface area contributed by atoms with Gasteiger partial charge in [0.2, 0.25) is 5.95 Å². The number of halogens is 2. The number of aliphatic imine (C=N–C) groups is 1. The number of rotatable bonds is 10. The molecule has 1 unspecified atom stereocenters. The molecule has 18 nitrogen and oxygen atoms in total. The van der Waals surface area contributed by atoms with E-state index in [1.807, 2.05) is 0 Å². The Labute approximate surface area is 253 Å². The maximum absolute atomic E-state index is 15.8. The number of fused-ring (bicyclic) bond motifs is 2. The van der Waals surface area contributed by atoms with Gasteiger partial charge in [-0.05, 0) is 13.8 Å². The number of aromatic amines is 1. The van der Waals surface area contributed by atoms with Gasteiger partial charge in [-0.15, -0.1) is 0 Å². The normalized spacial score (nSPS) is 34.6. The van der Waals surface area contributed by atoms with Gasteiger partial charge in [0, 0.05) is 14.2 Å². The molecule has 45 heavy (non-hydrogen) atoms. The van der Waals surface area contributed by atoms with Gasteiger partial charge in [0.1, 0.15) is 42.7 Å². The molecule has 7 N–H and O–H groups in total. The summed E-state index contributed by atoms with van der Waals surface area (Å²) in [4.78, 5) is 31.9. The minimum Gasteiger partial charge on any atom is -0.387 e. The first-order valence-electron chi connectivity index (χ1n) is 13.9. The third-order valence-electron chi connectivity index (χ3n) is 8.11. The lowest BCUT2D eigenvalue weighted by Crippen LogP contribution is -2.41. The van der Waals surface area contributed by atoms with Gasteiger partial charge >= 0.3 is 0 Å². The number of ether oxygens (including phenoxy) is 5. The molecule has 2 saturated heterocycles. The number of aliphatic hydroxyl groups excluding tert-OH is 2. The zero-order valence-corrected chi connectivity index (χ0v) is 24.7. The number of hydrogen-bond acceptors (Lipinski definition) is 15. The van der Waals surface area contributed by atoms with E-state index < -0.39 is 60.0 Å². The number of aliphatic hydroxyl groups is 2. The fourth-order valence-electron chi connectivity index (χ4n) is 5.71. The Balaban J connectivity index is 1.12. The third-order valence-corrected chi connectivity index (χ3v) is 8.11. The summed E-state index contributed by atoms with van der Waals surface area (Å²) in [5.41, 5.74) is 0.977. The second-order valence-electron chi connectivity index (χ2n) is 11.2. The Morgan fingerprint density at radius 2 is 1.71 bits per heavy atom. The standard InChI is InChI=1S/C25H34F2N10O8/c1-24(26)14(38)10(5-41-3)44-20(24)36-7-29-12-16(36)33-23(34-18(12)40)31-9-43-6-11-15(39)25(2,27)21(45-11)37-8-30-13-17(37)32-22(28)35-19(13)42-4/h7-8,10-11,14-15,19-21,38-39H,5-6,9H2,1-4H3,(H3,28,32,35)(H2,31,33,34,40)/t10-,11-,14-,15-,19?,20-,21-,24-,25-/m1/s1. The average molecular weight is 641 g/mol. The van der Waals surface area contributed by atoms with Crippen molar-refractivity contribution in [2.45, 2.75) is 68.3 Å². The van der Waals surface area contributed by atoms with Gasteiger partial charge in [-0.2, -0.15) is 4.98 Å². The molecule has 3 aliphatic heterocycles. The Morgan fingerprint density at radius 1 is 1.07 bits per heavy atom. The van der Waals surface area contributed by atoms with Crippen molar-refractivity contribution in [1.82, 2.24) is 29.1 Å². The molecule has 9 atom stereocenters. The van der Waals surface area contributed by atoms with Crippen molar-refractivity contribution in [3.05, 3.63) is 28.7 Å². The summed E-state index contributed by atoms with van der Waals surface area (Å²) in [5, 5.41) is 26.8. The number of nitrogens with two attached hydrogens (primary N) is 1. The number of imidazole rings is 2. The summed E-state index contributed by atoms with van der Waals surface area (Å²) >= 11 is 0. The van der Waals surface area contributed by atoms with Crippen LogP contribution >= 0.6 is 0 Å². The number of nitrogens with one attached hydrogen (secondary N) is 3. The Hall–Kier alpha value is -3.79. The highest BCUT2D eigenvalue weighted by Crippen LogP contribution is 2.45. The molecule has 246 valence electrons. The average Bonchev–Trinajstić information content (AvgIpc) is 3.71. The van der Waals surface area contributed by atoms with E-state index in [0.717, 1.165) is 0 Å².